The number of aliphatic hydroxyl groups is 1. The van der Waals surface area contributed by atoms with Crippen molar-refractivity contribution in [1.82, 2.24) is 5.32 Å². The van der Waals surface area contributed by atoms with Crippen molar-refractivity contribution in [2.75, 3.05) is 6.54 Å². The molecule has 0 bridgehead atoms. The van der Waals surface area contributed by atoms with Gasteiger partial charge in [0.1, 0.15) is 0 Å². The first kappa shape index (κ1) is 14.0. The molecule has 2 N–H and O–H groups in total. The predicted molar refractivity (Wildman–Crippen MR) is 73.0 cm³/mol. The SMILES string of the molecule is Cc1ccc(C(C)NCC2CC(O)C2)cc1[N+](=O)[O-]. The van der Waals surface area contributed by atoms with Crippen molar-refractivity contribution in [2.45, 2.75) is 38.8 Å². The van der Waals surface area contributed by atoms with E-state index in [0.717, 1.165) is 24.9 Å². The second-order valence-electron chi connectivity index (χ2n) is 5.42. The van der Waals surface area contributed by atoms with E-state index in [1.807, 2.05) is 13.0 Å². The molecule has 1 aromatic rings. The second-order valence-corrected chi connectivity index (χ2v) is 5.42. The van der Waals surface area contributed by atoms with Gasteiger partial charge < -0.3 is 10.4 Å². The fourth-order valence-corrected chi connectivity index (χ4v) is 2.42. The van der Waals surface area contributed by atoms with Crippen molar-refractivity contribution in [3.63, 3.8) is 0 Å². The molecule has 0 amide bonds. The summed E-state index contributed by atoms with van der Waals surface area (Å²) in [4.78, 5) is 10.6. The molecule has 0 aromatic heterocycles. The molecule has 1 aromatic carbocycles. The van der Waals surface area contributed by atoms with Gasteiger partial charge in [0.05, 0.1) is 11.0 Å². The monoisotopic (exact) mass is 264 g/mol. The van der Waals surface area contributed by atoms with E-state index in [1.165, 1.54) is 0 Å². The van der Waals surface area contributed by atoms with E-state index in [-0.39, 0.29) is 22.8 Å². The number of aryl methyl sites for hydroxylation is 1. The van der Waals surface area contributed by atoms with E-state index >= 15 is 0 Å². The molecule has 104 valence electrons. The Kier molecular flexibility index (Phi) is 4.17. The molecule has 0 heterocycles. The lowest BCUT2D eigenvalue weighted by atomic mass is 9.82. The van der Waals surface area contributed by atoms with Gasteiger partial charge in [-0.25, -0.2) is 0 Å². The van der Waals surface area contributed by atoms with Gasteiger partial charge in [0.2, 0.25) is 0 Å². The topological polar surface area (TPSA) is 75.4 Å². The number of hydrogen-bond acceptors (Lipinski definition) is 4. The first-order chi connectivity index (χ1) is 8.97. The van der Waals surface area contributed by atoms with E-state index in [2.05, 4.69) is 5.32 Å². The Morgan fingerprint density at radius 3 is 2.79 bits per heavy atom. The minimum atomic E-state index is -0.339. The van der Waals surface area contributed by atoms with Crippen LogP contribution in [0.2, 0.25) is 0 Å². The highest BCUT2D eigenvalue weighted by molar-refractivity contribution is 5.43. The van der Waals surface area contributed by atoms with Gasteiger partial charge in [-0.3, -0.25) is 10.1 Å². The highest BCUT2D eigenvalue weighted by Gasteiger charge is 2.27. The fourth-order valence-electron chi connectivity index (χ4n) is 2.42. The van der Waals surface area contributed by atoms with Crippen LogP contribution in [0.1, 0.15) is 36.9 Å². The maximum Gasteiger partial charge on any atom is 0.272 e. The number of nitro groups is 1. The third-order valence-corrected chi connectivity index (χ3v) is 3.85. The third kappa shape index (κ3) is 3.30. The standard InChI is InChI=1S/C14H20N2O3/c1-9-3-4-12(7-14(9)16(18)19)10(2)15-8-11-5-13(17)6-11/h3-4,7,10-11,13,15,17H,5-6,8H2,1-2H3. The zero-order valence-corrected chi connectivity index (χ0v) is 11.3. The summed E-state index contributed by atoms with van der Waals surface area (Å²) in [6, 6.07) is 5.44. The molecule has 0 radical (unpaired) electrons. The summed E-state index contributed by atoms with van der Waals surface area (Å²) in [6.45, 7) is 4.60. The van der Waals surface area contributed by atoms with Gasteiger partial charge in [-0.2, -0.15) is 0 Å². The molecule has 1 saturated carbocycles. The Morgan fingerprint density at radius 1 is 1.53 bits per heavy atom. The third-order valence-electron chi connectivity index (χ3n) is 3.85. The lowest BCUT2D eigenvalue weighted by Crippen LogP contribution is -2.36. The van der Waals surface area contributed by atoms with Crippen LogP contribution in [0.15, 0.2) is 18.2 Å². The molecule has 0 saturated heterocycles. The molecule has 19 heavy (non-hydrogen) atoms. The molecule has 2 rings (SSSR count). The number of nitrogens with one attached hydrogen (secondary N) is 1. The van der Waals surface area contributed by atoms with Gasteiger partial charge in [-0.05, 0) is 44.7 Å². The molecule has 1 aliphatic carbocycles. The molecule has 5 nitrogen and oxygen atoms in total. The highest BCUT2D eigenvalue weighted by atomic mass is 16.6. The number of aliphatic hydroxyl groups excluding tert-OH is 1. The van der Waals surface area contributed by atoms with Crippen LogP contribution in [0.3, 0.4) is 0 Å². The lowest BCUT2D eigenvalue weighted by Gasteiger charge is -2.32. The summed E-state index contributed by atoms with van der Waals surface area (Å²) < 4.78 is 0. The second kappa shape index (κ2) is 5.67. The van der Waals surface area contributed by atoms with Crippen LogP contribution in [0.5, 0.6) is 0 Å². The van der Waals surface area contributed by atoms with Crippen LogP contribution < -0.4 is 5.32 Å². The summed E-state index contributed by atoms with van der Waals surface area (Å²) in [5.41, 5.74) is 1.78. The van der Waals surface area contributed by atoms with Crippen LogP contribution in [0.4, 0.5) is 5.69 Å². The molecule has 1 unspecified atom stereocenters. The largest absolute Gasteiger partial charge is 0.393 e. The quantitative estimate of drug-likeness (QED) is 0.632. The van der Waals surface area contributed by atoms with E-state index in [1.54, 1.807) is 19.1 Å². The van der Waals surface area contributed by atoms with Gasteiger partial charge in [0.15, 0.2) is 0 Å². The van der Waals surface area contributed by atoms with E-state index in [4.69, 9.17) is 0 Å². The van der Waals surface area contributed by atoms with Crippen LogP contribution in [0.25, 0.3) is 0 Å². The number of nitro benzene ring substituents is 1. The summed E-state index contributed by atoms with van der Waals surface area (Å²) in [7, 11) is 0. The highest BCUT2D eigenvalue weighted by Crippen LogP contribution is 2.28. The Labute approximate surface area is 112 Å². The van der Waals surface area contributed by atoms with Crippen LogP contribution >= 0.6 is 0 Å². The number of nitrogens with zero attached hydrogens (tertiary/aromatic N) is 1. The van der Waals surface area contributed by atoms with Gasteiger partial charge in [-0.1, -0.05) is 12.1 Å². The van der Waals surface area contributed by atoms with E-state index in [0.29, 0.717) is 11.5 Å². The molecular weight excluding hydrogens is 244 g/mol. The maximum atomic E-state index is 10.9. The zero-order valence-electron chi connectivity index (χ0n) is 11.3. The van der Waals surface area contributed by atoms with Gasteiger partial charge in [0.25, 0.3) is 5.69 Å². The van der Waals surface area contributed by atoms with Crippen molar-refractivity contribution in [3.05, 3.63) is 39.4 Å². The molecular formula is C14H20N2O3. The number of benzene rings is 1. The molecule has 1 atom stereocenters. The summed E-state index contributed by atoms with van der Waals surface area (Å²) in [5, 5.41) is 23.5. The van der Waals surface area contributed by atoms with Gasteiger partial charge >= 0.3 is 0 Å². The van der Waals surface area contributed by atoms with Gasteiger partial charge in [0, 0.05) is 17.7 Å². The summed E-state index contributed by atoms with van der Waals surface area (Å²) in [5.74, 6) is 0.526. The van der Waals surface area contributed by atoms with Crippen molar-refractivity contribution in [1.29, 1.82) is 0 Å². The molecule has 0 aliphatic heterocycles. The van der Waals surface area contributed by atoms with Crippen molar-refractivity contribution >= 4 is 5.69 Å². The summed E-state index contributed by atoms with van der Waals surface area (Å²) in [6.07, 6.45) is 1.57. The molecule has 0 spiro atoms. The lowest BCUT2D eigenvalue weighted by molar-refractivity contribution is -0.385. The van der Waals surface area contributed by atoms with Crippen molar-refractivity contribution in [2.24, 2.45) is 5.92 Å². The average molecular weight is 264 g/mol. The normalized spacial score (nSPS) is 23.7. The first-order valence-corrected chi connectivity index (χ1v) is 6.63. The number of hydrogen-bond donors (Lipinski definition) is 2. The molecule has 1 aliphatic rings. The van der Waals surface area contributed by atoms with Crippen LogP contribution in [-0.4, -0.2) is 22.7 Å². The fraction of sp³-hybridized carbons (Fsp3) is 0.571. The maximum absolute atomic E-state index is 10.9. The van der Waals surface area contributed by atoms with E-state index < -0.39 is 0 Å². The average Bonchev–Trinajstić information content (AvgIpc) is 2.33. The molecule has 1 fully saturated rings. The Hall–Kier alpha value is -1.46. The zero-order chi connectivity index (χ0) is 14.0. The molecule has 5 heteroatoms. The Balaban J connectivity index is 1.96. The van der Waals surface area contributed by atoms with Crippen molar-refractivity contribution < 1.29 is 10.0 Å². The van der Waals surface area contributed by atoms with Gasteiger partial charge in [-0.15, -0.1) is 0 Å². The first-order valence-electron chi connectivity index (χ1n) is 6.63. The minimum Gasteiger partial charge on any atom is -0.393 e. The smallest absolute Gasteiger partial charge is 0.272 e. The Bertz CT molecular complexity index is 470. The summed E-state index contributed by atoms with van der Waals surface area (Å²) >= 11 is 0. The number of rotatable bonds is 5. The Morgan fingerprint density at radius 2 is 2.21 bits per heavy atom. The van der Waals surface area contributed by atoms with Crippen LogP contribution in [0, 0.1) is 23.0 Å². The van der Waals surface area contributed by atoms with Crippen LogP contribution in [-0.2, 0) is 0 Å². The van der Waals surface area contributed by atoms with E-state index in [9.17, 15) is 15.2 Å². The predicted octanol–water partition coefficient (Wildman–Crippen LogP) is 2.32. The van der Waals surface area contributed by atoms with Crippen molar-refractivity contribution in [3.8, 4) is 0 Å². The minimum absolute atomic E-state index is 0.0806.